The fourth-order valence-electron chi connectivity index (χ4n) is 5.24. The van der Waals surface area contributed by atoms with Crippen LogP contribution in [-0.4, -0.2) is 30.2 Å². The van der Waals surface area contributed by atoms with Crippen molar-refractivity contribution in [3.05, 3.63) is 59.7 Å². The molecule has 2 aromatic rings. The molecule has 1 aliphatic heterocycles. The van der Waals surface area contributed by atoms with Crippen LogP contribution in [0, 0.1) is 23.7 Å². The topological polar surface area (TPSA) is 98.8 Å². The zero-order valence-corrected chi connectivity index (χ0v) is 19.8. The van der Waals surface area contributed by atoms with Crippen LogP contribution >= 0.6 is 0 Å². The smallest absolute Gasteiger partial charge is 0.328 e. The Hall–Kier alpha value is -3.48. The van der Waals surface area contributed by atoms with Crippen molar-refractivity contribution in [1.82, 2.24) is 0 Å². The van der Waals surface area contributed by atoms with E-state index in [1.807, 2.05) is 19.1 Å². The summed E-state index contributed by atoms with van der Waals surface area (Å²) >= 11 is 0. The fraction of sp³-hybridized carbons (Fsp3) is 0.407. The number of anilines is 1. The van der Waals surface area contributed by atoms with Crippen LogP contribution in [0.1, 0.15) is 50.7 Å². The largest absolute Gasteiger partial charge is 0.465 e. The lowest BCUT2D eigenvalue weighted by Gasteiger charge is -2.28. The molecule has 7 nitrogen and oxygen atoms in total. The van der Waals surface area contributed by atoms with Gasteiger partial charge in [-0.1, -0.05) is 49.7 Å². The molecule has 4 rings (SSSR count). The van der Waals surface area contributed by atoms with Crippen molar-refractivity contribution in [3.8, 4) is 5.75 Å². The maximum Gasteiger partial charge on any atom is 0.328 e. The van der Waals surface area contributed by atoms with Gasteiger partial charge in [0.15, 0.2) is 11.2 Å². The molecule has 7 heteroatoms. The Morgan fingerprint density at radius 2 is 1.68 bits per heavy atom. The lowest BCUT2D eigenvalue weighted by atomic mass is 9.75. The molecule has 1 amide bonds. The standard InChI is InChI=1S/C27H29NO6/c1-5-26(6-2,24(31)33-7-3)22(29)21-20-18-10-8-9-11-19(18)34-25(32)27(20,21)23(30)28-17-14-12-16(4)13-15-17/h8-15,20-21H,5-7H2,1-4H3,(H,28,30). The molecule has 3 unspecified atom stereocenters. The summed E-state index contributed by atoms with van der Waals surface area (Å²) in [5.74, 6) is -3.86. The third-order valence-electron chi connectivity index (χ3n) is 7.31. The number of carbonyl (C=O) groups excluding carboxylic acids is 4. The maximum atomic E-state index is 14.0. The molecule has 0 bridgehead atoms. The summed E-state index contributed by atoms with van der Waals surface area (Å²) in [6.45, 7) is 7.23. The van der Waals surface area contributed by atoms with E-state index in [0.717, 1.165) is 5.56 Å². The Bertz CT molecular complexity index is 1150. The normalized spacial score (nSPS) is 22.6. The molecule has 178 valence electrons. The second-order valence-electron chi connectivity index (χ2n) is 8.95. The lowest BCUT2D eigenvalue weighted by molar-refractivity contribution is -0.163. The predicted molar refractivity (Wildman–Crippen MR) is 125 cm³/mol. The van der Waals surface area contributed by atoms with E-state index in [1.165, 1.54) is 0 Å². The summed E-state index contributed by atoms with van der Waals surface area (Å²) in [6.07, 6.45) is 0.410. The molecule has 34 heavy (non-hydrogen) atoms. The van der Waals surface area contributed by atoms with Gasteiger partial charge in [0.1, 0.15) is 11.2 Å². The quantitative estimate of drug-likeness (QED) is 0.358. The van der Waals surface area contributed by atoms with E-state index in [-0.39, 0.29) is 19.4 Å². The fourth-order valence-corrected chi connectivity index (χ4v) is 5.24. The first-order chi connectivity index (χ1) is 16.3. The minimum absolute atomic E-state index is 0.131. The first kappa shape index (κ1) is 23.7. The van der Waals surface area contributed by atoms with Crippen LogP contribution < -0.4 is 10.1 Å². The van der Waals surface area contributed by atoms with Gasteiger partial charge in [0.25, 0.3) is 0 Å². The number of nitrogens with one attached hydrogen (secondary N) is 1. The third kappa shape index (κ3) is 3.33. The first-order valence-electron chi connectivity index (χ1n) is 11.7. The Morgan fingerprint density at radius 3 is 2.29 bits per heavy atom. The van der Waals surface area contributed by atoms with Gasteiger partial charge >= 0.3 is 11.9 Å². The number of rotatable bonds is 8. The lowest BCUT2D eigenvalue weighted by Crippen LogP contribution is -2.45. The van der Waals surface area contributed by atoms with Gasteiger partial charge in [-0.2, -0.15) is 0 Å². The van der Waals surface area contributed by atoms with E-state index >= 15 is 0 Å². The van der Waals surface area contributed by atoms with Gasteiger partial charge in [0.2, 0.25) is 5.91 Å². The average Bonchev–Trinajstić information content (AvgIpc) is 3.54. The molecular formula is C27H29NO6. The average molecular weight is 464 g/mol. The van der Waals surface area contributed by atoms with Gasteiger partial charge < -0.3 is 14.8 Å². The molecule has 1 fully saturated rings. The molecule has 1 aliphatic carbocycles. The number of carbonyl (C=O) groups is 4. The van der Waals surface area contributed by atoms with E-state index in [2.05, 4.69) is 5.32 Å². The zero-order valence-electron chi connectivity index (χ0n) is 19.8. The third-order valence-corrected chi connectivity index (χ3v) is 7.31. The highest BCUT2D eigenvalue weighted by molar-refractivity contribution is 6.22. The Morgan fingerprint density at radius 1 is 1.03 bits per heavy atom. The molecular weight excluding hydrogens is 434 g/mol. The SMILES string of the molecule is CCOC(=O)C(CC)(CC)C(=O)C1C2c3ccccc3OC(=O)C12C(=O)Nc1ccc(C)cc1. The number of hydrogen-bond acceptors (Lipinski definition) is 6. The molecule has 1 saturated carbocycles. The number of amides is 1. The minimum Gasteiger partial charge on any atom is -0.465 e. The van der Waals surface area contributed by atoms with E-state index in [9.17, 15) is 19.2 Å². The highest BCUT2D eigenvalue weighted by Gasteiger charge is 2.82. The number of aryl methyl sites for hydroxylation is 1. The summed E-state index contributed by atoms with van der Waals surface area (Å²) < 4.78 is 10.8. The molecule has 0 saturated heterocycles. The molecule has 0 aromatic heterocycles. The number of ether oxygens (including phenoxy) is 2. The van der Waals surface area contributed by atoms with Gasteiger partial charge in [0.05, 0.1) is 12.5 Å². The van der Waals surface area contributed by atoms with Gasteiger partial charge in [-0.3, -0.25) is 19.2 Å². The molecule has 0 spiro atoms. The molecule has 0 radical (unpaired) electrons. The number of benzene rings is 2. The van der Waals surface area contributed by atoms with Crippen molar-refractivity contribution in [2.24, 2.45) is 16.7 Å². The van der Waals surface area contributed by atoms with Gasteiger partial charge in [-0.15, -0.1) is 0 Å². The number of fused-ring (bicyclic) bond motifs is 3. The van der Waals surface area contributed by atoms with Crippen LogP contribution in [0.5, 0.6) is 5.75 Å². The maximum absolute atomic E-state index is 14.0. The van der Waals surface area contributed by atoms with E-state index < -0.39 is 46.3 Å². The van der Waals surface area contributed by atoms with Crippen LogP contribution in [0.2, 0.25) is 0 Å². The Labute approximate surface area is 198 Å². The highest BCUT2D eigenvalue weighted by atomic mass is 16.5. The monoisotopic (exact) mass is 463 g/mol. The second kappa shape index (κ2) is 8.70. The number of para-hydroxylation sites is 1. The van der Waals surface area contributed by atoms with Crippen molar-refractivity contribution in [2.75, 3.05) is 11.9 Å². The number of ketones is 1. The van der Waals surface area contributed by atoms with Gasteiger partial charge in [0, 0.05) is 17.2 Å². The summed E-state index contributed by atoms with van der Waals surface area (Å²) in [6, 6.07) is 14.1. The summed E-state index contributed by atoms with van der Waals surface area (Å²) in [5.41, 5.74) is -1.03. The van der Waals surface area contributed by atoms with Crippen molar-refractivity contribution in [1.29, 1.82) is 0 Å². The molecule has 1 heterocycles. The Kier molecular flexibility index (Phi) is 6.06. The number of Topliss-reactive ketones (excluding diaryl/α,β-unsaturated/α-hetero) is 1. The van der Waals surface area contributed by atoms with Gasteiger partial charge in [-0.05, 0) is 44.9 Å². The van der Waals surface area contributed by atoms with Crippen molar-refractivity contribution in [3.63, 3.8) is 0 Å². The van der Waals surface area contributed by atoms with Crippen molar-refractivity contribution in [2.45, 2.75) is 46.5 Å². The van der Waals surface area contributed by atoms with Crippen molar-refractivity contribution < 1.29 is 28.7 Å². The van der Waals surface area contributed by atoms with Crippen LogP contribution in [0.15, 0.2) is 48.5 Å². The summed E-state index contributed by atoms with van der Waals surface area (Å²) in [4.78, 5) is 54.1. The molecule has 1 N–H and O–H groups in total. The van der Waals surface area contributed by atoms with Gasteiger partial charge in [-0.25, -0.2) is 0 Å². The molecule has 2 aromatic carbocycles. The van der Waals surface area contributed by atoms with Crippen LogP contribution in [0.25, 0.3) is 0 Å². The summed E-state index contributed by atoms with van der Waals surface area (Å²) in [7, 11) is 0. The predicted octanol–water partition coefficient (Wildman–Crippen LogP) is 4.19. The second-order valence-corrected chi connectivity index (χ2v) is 8.95. The van der Waals surface area contributed by atoms with Crippen LogP contribution in [0.3, 0.4) is 0 Å². The summed E-state index contributed by atoms with van der Waals surface area (Å²) in [5, 5.41) is 2.80. The van der Waals surface area contributed by atoms with E-state index in [4.69, 9.17) is 9.47 Å². The highest BCUT2D eigenvalue weighted by Crippen LogP contribution is 2.71. The van der Waals surface area contributed by atoms with Crippen LogP contribution in [-0.2, 0) is 23.9 Å². The van der Waals surface area contributed by atoms with Crippen LogP contribution in [0.4, 0.5) is 5.69 Å². The first-order valence-corrected chi connectivity index (χ1v) is 11.7. The molecule has 2 aliphatic rings. The van der Waals surface area contributed by atoms with Crippen molar-refractivity contribution >= 4 is 29.3 Å². The van der Waals surface area contributed by atoms with E-state index in [1.54, 1.807) is 57.2 Å². The zero-order chi connectivity index (χ0) is 24.7. The number of hydrogen-bond donors (Lipinski definition) is 1. The minimum atomic E-state index is -1.74. The van der Waals surface area contributed by atoms with E-state index in [0.29, 0.717) is 17.0 Å². The number of esters is 2. The Balaban J connectivity index is 1.80. The molecule has 3 atom stereocenters.